The van der Waals surface area contributed by atoms with Crippen LogP contribution in [0.1, 0.15) is 60.4 Å². The number of carbonyl (C=O) groups is 1. The van der Waals surface area contributed by atoms with Crippen LogP contribution in [0.2, 0.25) is 0 Å². The fourth-order valence-electron chi connectivity index (χ4n) is 3.62. The van der Waals surface area contributed by atoms with E-state index in [1.54, 1.807) is 13.0 Å². The molecule has 1 saturated carbocycles. The van der Waals surface area contributed by atoms with Crippen molar-refractivity contribution in [3.8, 4) is 11.1 Å². The normalized spacial score (nSPS) is 14.9. The number of hydrogen-bond donors (Lipinski definition) is 1. The van der Waals surface area contributed by atoms with Crippen molar-refractivity contribution >= 4 is 5.97 Å². The highest BCUT2D eigenvalue weighted by molar-refractivity contribution is 5.74. The largest absolute Gasteiger partial charge is 0.466 e. The van der Waals surface area contributed by atoms with Crippen LogP contribution < -0.4 is 5.73 Å². The van der Waals surface area contributed by atoms with Gasteiger partial charge in [0.15, 0.2) is 0 Å². The van der Waals surface area contributed by atoms with Crippen LogP contribution in [0.5, 0.6) is 0 Å². The monoisotopic (exact) mass is 373 g/mol. The topological polar surface area (TPSA) is 52.3 Å². The number of ether oxygens (including phenoxy) is 1. The Morgan fingerprint density at radius 2 is 1.85 bits per heavy atom. The van der Waals surface area contributed by atoms with Gasteiger partial charge >= 0.3 is 5.97 Å². The molecular weight excluding hydrogens is 348 g/mol. The van der Waals surface area contributed by atoms with Crippen molar-refractivity contribution in [3.63, 3.8) is 0 Å². The highest BCUT2D eigenvalue weighted by Crippen LogP contribution is 2.45. The van der Waals surface area contributed by atoms with E-state index in [0.717, 1.165) is 29.5 Å². The van der Waals surface area contributed by atoms with E-state index in [4.69, 9.17) is 10.5 Å². The molecule has 0 aromatic heterocycles. The van der Waals surface area contributed by atoms with Crippen LogP contribution in [0.25, 0.3) is 11.1 Å². The van der Waals surface area contributed by atoms with Crippen LogP contribution in [0.4, 0.5) is 8.78 Å². The molecule has 0 aliphatic heterocycles. The Kier molecular flexibility index (Phi) is 5.61. The predicted molar refractivity (Wildman–Crippen MR) is 101 cm³/mol. The summed E-state index contributed by atoms with van der Waals surface area (Å²) >= 11 is 0. The predicted octanol–water partition coefficient (Wildman–Crippen LogP) is 5.08. The van der Waals surface area contributed by atoms with Gasteiger partial charge in [0.25, 0.3) is 0 Å². The second-order valence-electron chi connectivity index (χ2n) is 7.21. The summed E-state index contributed by atoms with van der Waals surface area (Å²) in [7, 11) is 0. The molecule has 27 heavy (non-hydrogen) atoms. The van der Waals surface area contributed by atoms with E-state index in [1.807, 2.05) is 32.0 Å². The Balaban J connectivity index is 2.16. The van der Waals surface area contributed by atoms with Crippen molar-refractivity contribution in [1.29, 1.82) is 0 Å². The number of benzene rings is 2. The van der Waals surface area contributed by atoms with Crippen molar-refractivity contribution in [1.82, 2.24) is 0 Å². The first-order valence-electron chi connectivity index (χ1n) is 9.34. The van der Waals surface area contributed by atoms with E-state index < -0.39 is 23.6 Å². The number of hydrogen-bond acceptors (Lipinski definition) is 3. The van der Waals surface area contributed by atoms with E-state index in [9.17, 15) is 4.79 Å². The number of halogens is 2. The second kappa shape index (κ2) is 7.77. The van der Waals surface area contributed by atoms with Gasteiger partial charge in [-0.3, -0.25) is 4.79 Å². The van der Waals surface area contributed by atoms with E-state index in [2.05, 4.69) is 0 Å². The number of nitrogens with two attached hydrogens (primary N) is 1. The summed E-state index contributed by atoms with van der Waals surface area (Å²) in [5.74, 6) is -1.79. The molecule has 3 nitrogen and oxygen atoms in total. The van der Waals surface area contributed by atoms with E-state index in [0.29, 0.717) is 11.1 Å². The minimum absolute atomic E-state index is 0.0854. The Morgan fingerprint density at radius 3 is 2.41 bits per heavy atom. The van der Waals surface area contributed by atoms with Gasteiger partial charge in [0, 0.05) is 17.2 Å². The highest BCUT2D eigenvalue weighted by atomic mass is 19.1. The van der Waals surface area contributed by atoms with Gasteiger partial charge in [0.1, 0.15) is 11.6 Å². The Morgan fingerprint density at radius 1 is 1.22 bits per heavy atom. The van der Waals surface area contributed by atoms with Crippen LogP contribution in [0.15, 0.2) is 24.3 Å². The van der Waals surface area contributed by atoms with Crippen LogP contribution in [0, 0.1) is 25.5 Å². The molecule has 1 atom stereocenters. The molecule has 0 amide bonds. The fraction of sp³-hybridized carbons (Fsp3) is 0.409. The van der Waals surface area contributed by atoms with E-state index in [-0.39, 0.29) is 24.5 Å². The summed E-state index contributed by atoms with van der Waals surface area (Å²) in [4.78, 5) is 11.8. The molecule has 3 rings (SSSR count). The summed E-state index contributed by atoms with van der Waals surface area (Å²) in [6.45, 7) is 5.68. The summed E-state index contributed by atoms with van der Waals surface area (Å²) in [6.07, 6.45) is 1.49. The standard InChI is InChI=1S/C22H25F2NO2/c1-4-27-18(26)11-17(25)20-21(23)15(14-8-9-14)10-16(22(20)24)19-12(2)6-5-7-13(19)3/h5-7,10,14,17H,4,8-9,11,25H2,1-3H3/t17-/m0/s1. The third-order valence-corrected chi connectivity index (χ3v) is 5.09. The molecule has 1 aliphatic carbocycles. The lowest BCUT2D eigenvalue weighted by Gasteiger charge is -2.20. The smallest absolute Gasteiger partial charge is 0.307 e. The summed E-state index contributed by atoms with van der Waals surface area (Å²) in [5, 5.41) is 0. The molecule has 1 aliphatic rings. The quantitative estimate of drug-likeness (QED) is 0.719. The van der Waals surface area contributed by atoms with Crippen LogP contribution in [-0.4, -0.2) is 12.6 Å². The Hall–Kier alpha value is -2.27. The van der Waals surface area contributed by atoms with E-state index >= 15 is 8.78 Å². The van der Waals surface area contributed by atoms with Crippen molar-refractivity contribution in [3.05, 3.63) is 58.2 Å². The molecule has 0 heterocycles. The lowest BCUT2D eigenvalue weighted by molar-refractivity contribution is -0.143. The summed E-state index contributed by atoms with van der Waals surface area (Å²) < 4.78 is 35.5. The molecule has 5 heteroatoms. The second-order valence-corrected chi connectivity index (χ2v) is 7.21. The maximum atomic E-state index is 15.5. The fourth-order valence-corrected chi connectivity index (χ4v) is 3.62. The number of carbonyl (C=O) groups excluding carboxylic acids is 1. The molecule has 0 spiro atoms. The molecule has 0 bridgehead atoms. The minimum Gasteiger partial charge on any atom is -0.466 e. The van der Waals surface area contributed by atoms with Gasteiger partial charge in [-0.05, 0) is 67.9 Å². The van der Waals surface area contributed by atoms with Gasteiger partial charge in [0.2, 0.25) is 0 Å². The first-order valence-corrected chi connectivity index (χ1v) is 9.34. The van der Waals surface area contributed by atoms with Gasteiger partial charge in [-0.25, -0.2) is 8.78 Å². The van der Waals surface area contributed by atoms with Crippen LogP contribution in [-0.2, 0) is 9.53 Å². The summed E-state index contributed by atoms with van der Waals surface area (Å²) in [6, 6.07) is 6.24. The molecule has 0 unspecified atom stereocenters. The first kappa shape index (κ1) is 19.5. The lowest BCUT2D eigenvalue weighted by Crippen LogP contribution is -2.21. The molecule has 1 fully saturated rings. The number of esters is 1. The van der Waals surface area contributed by atoms with E-state index in [1.165, 1.54) is 0 Å². The number of rotatable bonds is 6. The van der Waals surface area contributed by atoms with Crippen LogP contribution >= 0.6 is 0 Å². The maximum absolute atomic E-state index is 15.5. The maximum Gasteiger partial charge on any atom is 0.307 e. The zero-order valence-corrected chi connectivity index (χ0v) is 15.9. The van der Waals surface area contributed by atoms with Gasteiger partial charge < -0.3 is 10.5 Å². The third kappa shape index (κ3) is 3.88. The zero-order valence-electron chi connectivity index (χ0n) is 15.9. The van der Waals surface area contributed by atoms with Crippen molar-refractivity contribution in [2.45, 2.75) is 52.0 Å². The molecule has 0 radical (unpaired) electrons. The lowest BCUT2D eigenvalue weighted by atomic mass is 9.88. The number of aryl methyl sites for hydroxylation is 2. The molecule has 2 aromatic rings. The average molecular weight is 373 g/mol. The summed E-state index contributed by atoms with van der Waals surface area (Å²) in [5.41, 5.74) is 9.25. The van der Waals surface area contributed by atoms with Gasteiger partial charge in [0.05, 0.1) is 13.0 Å². The van der Waals surface area contributed by atoms with Crippen molar-refractivity contribution < 1.29 is 18.3 Å². The van der Waals surface area contributed by atoms with Crippen molar-refractivity contribution in [2.24, 2.45) is 5.73 Å². The SMILES string of the molecule is CCOC(=O)C[C@H](N)c1c(F)c(-c2c(C)cccc2C)cc(C2CC2)c1F. The van der Waals surface area contributed by atoms with Gasteiger partial charge in [-0.1, -0.05) is 18.2 Å². The zero-order chi connectivity index (χ0) is 19.7. The Bertz CT molecular complexity index is 855. The van der Waals surface area contributed by atoms with Gasteiger partial charge in [-0.2, -0.15) is 0 Å². The molecule has 0 saturated heterocycles. The molecule has 2 aromatic carbocycles. The Labute approximate surface area is 158 Å². The molecule has 2 N–H and O–H groups in total. The third-order valence-electron chi connectivity index (χ3n) is 5.09. The molecular formula is C22H25F2NO2. The van der Waals surface area contributed by atoms with Crippen LogP contribution in [0.3, 0.4) is 0 Å². The average Bonchev–Trinajstić information content (AvgIpc) is 3.41. The highest BCUT2D eigenvalue weighted by Gasteiger charge is 2.33. The van der Waals surface area contributed by atoms with Crippen molar-refractivity contribution in [2.75, 3.05) is 6.61 Å². The first-order chi connectivity index (χ1) is 12.8. The minimum atomic E-state index is -1.09. The van der Waals surface area contributed by atoms with Gasteiger partial charge in [-0.15, -0.1) is 0 Å². The molecule has 144 valence electrons.